The van der Waals surface area contributed by atoms with Crippen LogP contribution in [-0.4, -0.2) is 59.6 Å². The quantitative estimate of drug-likeness (QED) is 0.301. The predicted octanol–water partition coefficient (Wildman–Crippen LogP) is 2.63. The van der Waals surface area contributed by atoms with Crippen molar-refractivity contribution in [2.75, 3.05) is 53.7 Å². The normalized spacial score (nSPS) is 11.4. The third-order valence-corrected chi connectivity index (χ3v) is 3.81. The largest absolute Gasteiger partial charge is 0.494 e. The van der Waals surface area contributed by atoms with Crippen LogP contribution < -0.4 is 15.4 Å². The highest BCUT2D eigenvalue weighted by molar-refractivity contribution is 5.79. The van der Waals surface area contributed by atoms with E-state index in [9.17, 15) is 0 Å². The molecule has 0 amide bonds. The number of ether oxygens (including phenoxy) is 3. The van der Waals surface area contributed by atoms with E-state index >= 15 is 0 Å². The average Bonchev–Trinajstić information content (AvgIpc) is 2.67. The van der Waals surface area contributed by atoms with Gasteiger partial charge in [0.25, 0.3) is 0 Å². The summed E-state index contributed by atoms with van der Waals surface area (Å²) in [6.45, 7) is 6.63. The van der Waals surface area contributed by atoms with Gasteiger partial charge >= 0.3 is 0 Å². The molecular weight excluding hydrogens is 330 g/mol. The van der Waals surface area contributed by atoms with Crippen LogP contribution in [0.2, 0.25) is 0 Å². The lowest BCUT2D eigenvalue weighted by molar-refractivity contribution is 0.0698. The van der Waals surface area contributed by atoms with Gasteiger partial charge in [-0.05, 0) is 37.0 Å². The number of unbranched alkanes of at least 4 members (excludes halogenated alkanes) is 1. The van der Waals surface area contributed by atoms with Crippen LogP contribution in [0.4, 0.5) is 0 Å². The minimum atomic E-state index is 0.641. The second-order valence-corrected chi connectivity index (χ2v) is 5.98. The summed E-state index contributed by atoms with van der Waals surface area (Å²) in [4.78, 5) is 4.24. The van der Waals surface area contributed by atoms with Crippen molar-refractivity contribution in [3.05, 3.63) is 29.8 Å². The maximum absolute atomic E-state index is 5.69. The molecular formula is C20H35N3O3. The maximum atomic E-state index is 5.69. The van der Waals surface area contributed by atoms with Gasteiger partial charge in [0.2, 0.25) is 0 Å². The molecule has 0 unspecified atom stereocenters. The van der Waals surface area contributed by atoms with Crippen LogP contribution in [0.1, 0.15) is 31.7 Å². The monoisotopic (exact) mass is 365 g/mol. The number of nitrogens with one attached hydrogen (secondary N) is 2. The van der Waals surface area contributed by atoms with E-state index in [2.05, 4.69) is 34.7 Å². The molecule has 1 rings (SSSR count). The lowest BCUT2D eigenvalue weighted by Gasteiger charge is -2.12. The molecule has 2 N–H and O–H groups in total. The Hall–Kier alpha value is -1.79. The summed E-state index contributed by atoms with van der Waals surface area (Å²) in [5, 5.41) is 6.62. The van der Waals surface area contributed by atoms with Crippen molar-refractivity contribution >= 4 is 5.96 Å². The first-order valence-electron chi connectivity index (χ1n) is 9.53. The summed E-state index contributed by atoms with van der Waals surface area (Å²) >= 11 is 0. The van der Waals surface area contributed by atoms with E-state index < -0.39 is 0 Å². The molecule has 0 saturated carbocycles. The minimum absolute atomic E-state index is 0.641. The Kier molecular flexibility index (Phi) is 13.2. The van der Waals surface area contributed by atoms with Gasteiger partial charge in [-0.15, -0.1) is 0 Å². The third-order valence-electron chi connectivity index (χ3n) is 3.81. The van der Waals surface area contributed by atoms with E-state index in [4.69, 9.17) is 14.2 Å². The Morgan fingerprint density at radius 3 is 2.42 bits per heavy atom. The molecule has 0 heterocycles. The summed E-state index contributed by atoms with van der Waals surface area (Å²) in [5.74, 6) is 1.77. The van der Waals surface area contributed by atoms with Crippen molar-refractivity contribution in [3.63, 3.8) is 0 Å². The zero-order chi connectivity index (χ0) is 18.9. The molecule has 0 radical (unpaired) electrons. The number of methoxy groups -OCH3 is 1. The Bertz CT molecular complexity index is 478. The lowest BCUT2D eigenvalue weighted by Crippen LogP contribution is -2.39. The van der Waals surface area contributed by atoms with E-state index in [1.807, 2.05) is 12.1 Å². The molecule has 6 heteroatoms. The molecule has 0 aromatic heterocycles. The fourth-order valence-corrected chi connectivity index (χ4v) is 2.26. The van der Waals surface area contributed by atoms with E-state index in [1.54, 1.807) is 14.2 Å². The highest BCUT2D eigenvalue weighted by atomic mass is 16.5. The molecule has 1 aromatic carbocycles. The fraction of sp³-hybridized carbons (Fsp3) is 0.650. The topological polar surface area (TPSA) is 64.1 Å². The van der Waals surface area contributed by atoms with E-state index in [-0.39, 0.29) is 0 Å². The second kappa shape index (κ2) is 15.5. The third kappa shape index (κ3) is 10.9. The van der Waals surface area contributed by atoms with Crippen molar-refractivity contribution in [2.24, 2.45) is 4.99 Å². The highest BCUT2D eigenvalue weighted by Crippen LogP contribution is 2.12. The molecule has 0 atom stereocenters. The van der Waals surface area contributed by atoms with Crippen molar-refractivity contribution < 1.29 is 14.2 Å². The molecule has 0 saturated heterocycles. The number of hydrogen-bond acceptors (Lipinski definition) is 4. The van der Waals surface area contributed by atoms with Crippen molar-refractivity contribution in [2.45, 2.75) is 32.6 Å². The molecule has 0 aliphatic rings. The van der Waals surface area contributed by atoms with Crippen molar-refractivity contribution in [1.82, 2.24) is 10.6 Å². The lowest BCUT2D eigenvalue weighted by atomic mass is 10.1. The molecule has 0 fully saturated rings. The first kappa shape index (κ1) is 22.3. The Balaban J connectivity index is 2.14. The van der Waals surface area contributed by atoms with Gasteiger partial charge < -0.3 is 24.8 Å². The zero-order valence-electron chi connectivity index (χ0n) is 16.6. The van der Waals surface area contributed by atoms with Crippen LogP contribution in [0.3, 0.4) is 0 Å². The van der Waals surface area contributed by atoms with Gasteiger partial charge in [0, 0.05) is 33.9 Å². The second-order valence-electron chi connectivity index (χ2n) is 5.98. The maximum Gasteiger partial charge on any atom is 0.190 e. The molecule has 0 aliphatic heterocycles. The van der Waals surface area contributed by atoms with Crippen LogP contribution in [-0.2, 0) is 15.9 Å². The zero-order valence-corrected chi connectivity index (χ0v) is 16.6. The van der Waals surface area contributed by atoms with Gasteiger partial charge in [-0.25, -0.2) is 0 Å². The van der Waals surface area contributed by atoms with E-state index in [1.165, 1.54) is 5.56 Å². The number of aliphatic imine (C=N–C) groups is 1. The molecule has 6 nitrogen and oxygen atoms in total. The SMILES string of the molecule is CCCCOc1ccc(CCNC(=NC)NCCCOCCOC)cc1. The van der Waals surface area contributed by atoms with Crippen molar-refractivity contribution in [3.8, 4) is 5.75 Å². The first-order chi connectivity index (χ1) is 12.8. The van der Waals surface area contributed by atoms with Crippen LogP contribution >= 0.6 is 0 Å². The van der Waals surface area contributed by atoms with Crippen molar-refractivity contribution in [1.29, 1.82) is 0 Å². The fourth-order valence-electron chi connectivity index (χ4n) is 2.26. The van der Waals surface area contributed by atoms with Crippen LogP contribution in [0.5, 0.6) is 5.75 Å². The van der Waals surface area contributed by atoms with E-state index in [0.717, 1.165) is 63.7 Å². The highest BCUT2D eigenvalue weighted by Gasteiger charge is 1.99. The number of guanidine groups is 1. The summed E-state index contributed by atoms with van der Waals surface area (Å²) in [6.07, 6.45) is 4.12. The standard InChI is InChI=1S/C20H35N3O3/c1-4-5-15-26-19-9-7-18(8-10-19)11-13-23-20(21-2)22-12-6-14-25-17-16-24-3/h7-10H,4-6,11-17H2,1-3H3,(H2,21,22,23). The minimum Gasteiger partial charge on any atom is -0.494 e. The molecule has 0 aliphatic carbocycles. The summed E-state index contributed by atoms with van der Waals surface area (Å²) < 4.78 is 16.1. The molecule has 26 heavy (non-hydrogen) atoms. The number of hydrogen-bond donors (Lipinski definition) is 2. The average molecular weight is 366 g/mol. The van der Waals surface area contributed by atoms with Gasteiger partial charge in [0.05, 0.1) is 19.8 Å². The summed E-state index contributed by atoms with van der Waals surface area (Å²) in [5.41, 5.74) is 1.28. The van der Waals surface area contributed by atoms with Crippen LogP contribution in [0.15, 0.2) is 29.3 Å². The van der Waals surface area contributed by atoms with Crippen LogP contribution in [0, 0.1) is 0 Å². The molecule has 0 bridgehead atoms. The number of nitrogens with zero attached hydrogens (tertiary/aromatic N) is 1. The molecule has 148 valence electrons. The first-order valence-corrected chi connectivity index (χ1v) is 9.53. The number of rotatable bonds is 14. The number of benzene rings is 1. The smallest absolute Gasteiger partial charge is 0.190 e. The summed E-state index contributed by atoms with van der Waals surface area (Å²) in [6, 6.07) is 8.33. The Morgan fingerprint density at radius 1 is 0.962 bits per heavy atom. The van der Waals surface area contributed by atoms with E-state index in [0.29, 0.717) is 13.2 Å². The van der Waals surface area contributed by atoms with Gasteiger partial charge in [0.1, 0.15) is 5.75 Å². The van der Waals surface area contributed by atoms with Crippen LogP contribution in [0.25, 0.3) is 0 Å². The molecule has 1 aromatic rings. The van der Waals surface area contributed by atoms with Gasteiger partial charge in [-0.1, -0.05) is 25.5 Å². The van der Waals surface area contributed by atoms with Gasteiger partial charge in [0.15, 0.2) is 5.96 Å². The van der Waals surface area contributed by atoms with Gasteiger partial charge in [-0.3, -0.25) is 4.99 Å². The molecule has 0 spiro atoms. The summed E-state index contributed by atoms with van der Waals surface area (Å²) in [7, 11) is 3.46. The predicted molar refractivity (Wildman–Crippen MR) is 107 cm³/mol. The Morgan fingerprint density at radius 2 is 1.73 bits per heavy atom. The Labute approximate surface area is 158 Å². The van der Waals surface area contributed by atoms with Gasteiger partial charge in [-0.2, -0.15) is 0 Å².